The topological polar surface area (TPSA) is 59.0 Å². The van der Waals surface area contributed by atoms with Crippen LogP contribution in [0.3, 0.4) is 0 Å². The molecule has 144 valence electrons. The molecule has 0 saturated carbocycles. The van der Waals surface area contributed by atoms with Gasteiger partial charge in [-0.15, -0.1) is 0 Å². The molecule has 2 aromatic rings. The molecule has 1 saturated heterocycles. The summed E-state index contributed by atoms with van der Waals surface area (Å²) in [5.74, 6) is -0.741. The molecule has 0 atom stereocenters. The molecular formula is C22H22N2O3S. The van der Waals surface area contributed by atoms with E-state index in [2.05, 4.69) is 21.9 Å². The van der Waals surface area contributed by atoms with E-state index in [4.69, 9.17) is 0 Å². The molecule has 0 bridgehead atoms. The number of amides is 1. The SMILES string of the molecule is COC(=O)/C=C1\SC(=NCCc2ccccc2)N(CCc2ccccc2)C1=O. The number of rotatable bonds is 7. The van der Waals surface area contributed by atoms with Crippen LogP contribution in [0.1, 0.15) is 11.1 Å². The van der Waals surface area contributed by atoms with Crippen LogP contribution in [0.15, 0.2) is 76.6 Å². The van der Waals surface area contributed by atoms with Crippen molar-refractivity contribution in [1.82, 2.24) is 4.90 Å². The van der Waals surface area contributed by atoms with E-state index >= 15 is 0 Å². The Labute approximate surface area is 169 Å². The number of aliphatic imine (C=N–C) groups is 1. The molecule has 0 unspecified atom stereocenters. The highest BCUT2D eigenvalue weighted by molar-refractivity contribution is 8.18. The van der Waals surface area contributed by atoms with Gasteiger partial charge in [0.25, 0.3) is 5.91 Å². The van der Waals surface area contributed by atoms with Crippen molar-refractivity contribution in [3.8, 4) is 0 Å². The van der Waals surface area contributed by atoms with Gasteiger partial charge in [-0.2, -0.15) is 0 Å². The normalized spacial score (nSPS) is 16.8. The van der Waals surface area contributed by atoms with Gasteiger partial charge in [-0.1, -0.05) is 60.7 Å². The zero-order chi connectivity index (χ0) is 19.8. The number of carbonyl (C=O) groups is 2. The van der Waals surface area contributed by atoms with Crippen LogP contribution in [0.25, 0.3) is 0 Å². The number of nitrogens with zero attached hydrogens (tertiary/aromatic N) is 2. The van der Waals surface area contributed by atoms with Crippen molar-refractivity contribution in [3.63, 3.8) is 0 Å². The molecule has 1 fully saturated rings. The third-order valence-corrected chi connectivity index (χ3v) is 5.34. The summed E-state index contributed by atoms with van der Waals surface area (Å²) in [5.41, 5.74) is 2.34. The van der Waals surface area contributed by atoms with Crippen molar-refractivity contribution in [2.24, 2.45) is 4.99 Å². The molecule has 1 heterocycles. The Morgan fingerprint density at radius 1 is 1.04 bits per heavy atom. The van der Waals surface area contributed by atoms with Crippen LogP contribution in [0.2, 0.25) is 0 Å². The summed E-state index contributed by atoms with van der Waals surface area (Å²) in [5, 5.41) is 0.631. The van der Waals surface area contributed by atoms with Gasteiger partial charge in [0.05, 0.1) is 12.0 Å². The first-order valence-corrected chi connectivity index (χ1v) is 9.90. The molecule has 1 aliphatic heterocycles. The third-order valence-electron chi connectivity index (χ3n) is 4.30. The van der Waals surface area contributed by atoms with Gasteiger partial charge in [0.15, 0.2) is 5.17 Å². The molecule has 0 N–H and O–H groups in total. The number of benzene rings is 2. The van der Waals surface area contributed by atoms with Crippen molar-refractivity contribution in [3.05, 3.63) is 82.8 Å². The van der Waals surface area contributed by atoms with E-state index in [9.17, 15) is 9.59 Å². The van der Waals surface area contributed by atoms with Crippen molar-refractivity contribution in [2.45, 2.75) is 12.8 Å². The van der Waals surface area contributed by atoms with Gasteiger partial charge < -0.3 is 4.74 Å². The van der Waals surface area contributed by atoms with E-state index in [0.717, 1.165) is 18.4 Å². The zero-order valence-electron chi connectivity index (χ0n) is 15.7. The lowest BCUT2D eigenvalue weighted by Gasteiger charge is -2.15. The van der Waals surface area contributed by atoms with Crippen LogP contribution >= 0.6 is 11.8 Å². The van der Waals surface area contributed by atoms with Crippen molar-refractivity contribution in [1.29, 1.82) is 0 Å². The van der Waals surface area contributed by atoms with Crippen LogP contribution in [0.5, 0.6) is 0 Å². The number of thioether (sulfide) groups is 1. The molecule has 1 aliphatic rings. The van der Waals surface area contributed by atoms with E-state index in [1.54, 1.807) is 4.90 Å². The number of carbonyl (C=O) groups excluding carboxylic acids is 2. The smallest absolute Gasteiger partial charge is 0.331 e. The van der Waals surface area contributed by atoms with Gasteiger partial charge in [0.1, 0.15) is 0 Å². The van der Waals surface area contributed by atoms with Crippen LogP contribution in [0.4, 0.5) is 0 Å². The molecular weight excluding hydrogens is 372 g/mol. The predicted molar refractivity (Wildman–Crippen MR) is 112 cm³/mol. The Morgan fingerprint density at radius 2 is 1.64 bits per heavy atom. The summed E-state index contributed by atoms with van der Waals surface area (Å²) in [6.45, 7) is 1.09. The second kappa shape index (κ2) is 9.90. The van der Waals surface area contributed by atoms with Gasteiger partial charge >= 0.3 is 5.97 Å². The molecule has 1 amide bonds. The number of hydrogen-bond donors (Lipinski definition) is 0. The lowest BCUT2D eigenvalue weighted by molar-refractivity contribution is -0.135. The van der Waals surface area contributed by atoms with Gasteiger partial charge in [-0.3, -0.25) is 14.7 Å². The van der Waals surface area contributed by atoms with Crippen molar-refractivity contribution >= 4 is 28.8 Å². The monoisotopic (exact) mass is 394 g/mol. The Bertz CT molecular complexity index is 879. The summed E-state index contributed by atoms with van der Waals surface area (Å²) in [7, 11) is 1.30. The minimum atomic E-state index is -0.538. The number of hydrogen-bond acceptors (Lipinski definition) is 5. The predicted octanol–water partition coefficient (Wildman–Crippen LogP) is 3.46. The lowest BCUT2D eigenvalue weighted by atomic mass is 10.1. The number of ether oxygens (including phenoxy) is 1. The maximum atomic E-state index is 12.8. The fraction of sp³-hybridized carbons (Fsp3) is 0.227. The van der Waals surface area contributed by atoms with Crippen LogP contribution in [0, 0.1) is 0 Å². The maximum Gasteiger partial charge on any atom is 0.331 e. The van der Waals surface area contributed by atoms with E-state index in [0.29, 0.717) is 23.2 Å². The summed E-state index contributed by atoms with van der Waals surface area (Å²) in [6, 6.07) is 20.1. The number of amidine groups is 1. The Hall–Kier alpha value is -2.86. The fourth-order valence-electron chi connectivity index (χ4n) is 2.80. The second-order valence-electron chi connectivity index (χ2n) is 6.23. The van der Waals surface area contributed by atoms with Gasteiger partial charge in [0, 0.05) is 19.2 Å². The highest BCUT2D eigenvalue weighted by Gasteiger charge is 2.33. The summed E-state index contributed by atoms with van der Waals surface area (Å²) >= 11 is 1.23. The highest BCUT2D eigenvalue weighted by Crippen LogP contribution is 2.31. The Kier molecular flexibility index (Phi) is 7.03. The van der Waals surface area contributed by atoms with Crippen LogP contribution in [-0.2, 0) is 27.2 Å². The first-order valence-electron chi connectivity index (χ1n) is 9.09. The molecule has 0 aromatic heterocycles. The standard InChI is InChI=1S/C22H22N2O3S/c1-27-20(25)16-19-21(26)24(15-13-18-10-6-3-7-11-18)22(28-19)23-14-12-17-8-4-2-5-9-17/h2-11,16H,12-15H2,1H3/b19-16-,23-22?. The Balaban J connectivity index is 1.73. The first-order chi connectivity index (χ1) is 13.7. The van der Waals surface area contributed by atoms with Gasteiger partial charge in [0.2, 0.25) is 0 Å². The van der Waals surface area contributed by atoms with Crippen LogP contribution in [-0.4, -0.2) is 42.1 Å². The van der Waals surface area contributed by atoms with Crippen LogP contribution < -0.4 is 0 Å². The van der Waals surface area contributed by atoms with Crippen molar-refractivity contribution < 1.29 is 14.3 Å². The number of esters is 1. The third kappa shape index (κ3) is 5.33. The molecule has 0 radical (unpaired) electrons. The molecule has 28 heavy (non-hydrogen) atoms. The summed E-state index contributed by atoms with van der Waals surface area (Å²) < 4.78 is 4.66. The molecule has 0 spiro atoms. The van der Waals surface area contributed by atoms with Gasteiger partial charge in [-0.25, -0.2) is 4.79 Å². The minimum absolute atomic E-state index is 0.204. The lowest BCUT2D eigenvalue weighted by Crippen LogP contribution is -2.31. The van der Waals surface area contributed by atoms with E-state index in [1.807, 2.05) is 48.5 Å². The first kappa shape index (κ1) is 19.9. The minimum Gasteiger partial charge on any atom is -0.466 e. The average Bonchev–Trinajstić information content (AvgIpc) is 3.02. The van der Waals surface area contributed by atoms with E-state index < -0.39 is 5.97 Å². The zero-order valence-corrected chi connectivity index (χ0v) is 16.5. The molecule has 6 heteroatoms. The average molecular weight is 394 g/mol. The molecule has 0 aliphatic carbocycles. The van der Waals surface area contributed by atoms with Crippen molar-refractivity contribution in [2.75, 3.05) is 20.2 Å². The molecule has 3 rings (SSSR count). The second-order valence-corrected chi connectivity index (χ2v) is 7.24. The highest BCUT2D eigenvalue weighted by atomic mass is 32.2. The summed E-state index contributed by atoms with van der Waals surface area (Å²) in [4.78, 5) is 31.0. The fourth-order valence-corrected chi connectivity index (χ4v) is 3.79. The largest absolute Gasteiger partial charge is 0.466 e. The quantitative estimate of drug-likeness (QED) is 0.533. The van der Waals surface area contributed by atoms with E-state index in [-0.39, 0.29) is 5.91 Å². The molecule has 2 aromatic carbocycles. The van der Waals surface area contributed by atoms with Gasteiger partial charge in [-0.05, 0) is 35.7 Å². The summed E-state index contributed by atoms with van der Waals surface area (Å²) in [6.07, 6.45) is 2.75. The Morgan fingerprint density at radius 3 is 2.25 bits per heavy atom. The number of methoxy groups -OCH3 is 1. The maximum absolute atomic E-state index is 12.8. The van der Waals surface area contributed by atoms with E-state index in [1.165, 1.54) is 30.5 Å². The molecule has 5 nitrogen and oxygen atoms in total.